The van der Waals surface area contributed by atoms with Crippen molar-refractivity contribution in [1.82, 2.24) is 0 Å². The number of nitrogens with two attached hydrogens (primary N) is 1. The second-order valence-electron chi connectivity index (χ2n) is 2.37. The predicted molar refractivity (Wildman–Crippen MR) is 44.7 cm³/mol. The van der Waals surface area contributed by atoms with Crippen molar-refractivity contribution < 1.29 is 9.50 Å². The van der Waals surface area contributed by atoms with Crippen LogP contribution >= 0.6 is 0 Å². The van der Waals surface area contributed by atoms with Crippen LogP contribution in [0.3, 0.4) is 0 Å². The Bertz CT molecular complexity index is 312. The van der Waals surface area contributed by atoms with Gasteiger partial charge in [-0.3, -0.25) is 0 Å². The third-order valence-electron chi connectivity index (χ3n) is 1.50. The first-order valence-electron chi connectivity index (χ1n) is 3.39. The molecule has 0 bridgehead atoms. The Balaban J connectivity index is 3.05. The molecular formula is C8H9FN2O. The predicted octanol–water partition coefficient (Wildman–Crippen LogP) is 0.768. The highest BCUT2D eigenvalue weighted by Gasteiger charge is 2.02. The first-order chi connectivity index (χ1) is 5.65. The van der Waals surface area contributed by atoms with Crippen LogP contribution in [0.4, 0.5) is 10.1 Å². The molecule has 0 unspecified atom stereocenters. The minimum Gasteiger partial charge on any atom is -0.396 e. The Morgan fingerprint density at radius 1 is 1.58 bits per heavy atom. The molecule has 12 heavy (non-hydrogen) atoms. The third kappa shape index (κ3) is 1.60. The van der Waals surface area contributed by atoms with Crippen molar-refractivity contribution in [2.24, 2.45) is 0 Å². The fourth-order valence-corrected chi connectivity index (χ4v) is 0.823. The van der Waals surface area contributed by atoms with Gasteiger partial charge in [0.1, 0.15) is 5.82 Å². The second kappa shape index (κ2) is 3.32. The fourth-order valence-electron chi connectivity index (χ4n) is 0.823. The van der Waals surface area contributed by atoms with E-state index in [1.165, 1.54) is 18.2 Å². The van der Waals surface area contributed by atoms with Gasteiger partial charge in [-0.15, -0.1) is 0 Å². The maximum absolute atomic E-state index is 12.6. The van der Waals surface area contributed by atoms with Gasteiger partial charge in [0, 0.05) is 0 Å². The van der Waals surface area contributed by atoms with Crippen molar-refractivity contribution in [3.8, 4) is 0 Å². The minimum atomic E-state index is -0.510. The summed E-state index contributed by atoms with van der Waals surface area (Å²) in [5.74, 6) is -0.510. The van der Waals surface area contributed by atoms with Crippen LogP contribution < -0.4 is 5.73 Å². The highest BCUT2D eigenvalue weighted by Crippen LogP contribution is 2.12. The zero-order valence-corrected chi connectivity index (χ0v) is 6.34. The number of rotatable bonds is 2. The maximum Gasteiger partial charge on any atom is 0.146 e. The molecule has 0 spiro atoms. The van der Waals surface area contributed by atoms with Gasteiger partial charge in [-0.2, -0.15) is 0 Å². The largest absolute Gasteiger partial charge is 0.396 e. The van der Waals surface area contributed by atoms with E-state index in [4.69, 9.17) is 16.2 Å². The molecule has 4 heteroatoms. The van der Waals surface area contributed by atoms with Crippen LogP contribution in [0, 0.1) is 11.2 Å². The molecule has 0 aliphatic rings. The Labute approximate surface area is 69.1 Å². The molecular weight excluding hydrogens is 159 g/mol. The quantitative estimate of drug-likeness (QED) is 0.451. The lowest BCUT2D eigenvalue weighted by atomic mass is 10.1. The molecule has 0 saturated heterocycles. The molecule has 64 valence electrons. The van der Waals surface area contributed by atoms with Crippen molar-refractivity contribution in [1.29, 1.82) is 5.41 Å². The monoisotopic (exact) mass is 168 g/mol. The van der Waals surface area contributed by atoms with E-state index in [0.29, 0.717) is 5.56 Å². The van der Waals surface area contributed by atoms with Gasteiger partial charge >= 0.3 is 0 Å². The molecule has 0 aliphatic carbocycles. The number of aliphatic hydroxyl groups is 1. The van der Waals surface area contributed by atoms with Crippen molar-refractivity contribution in [3.63, 3.8) is 0 Å². The van der Waals surface area contributed by atoms with E-state index in [2.05, 4.69) is 0 Å². The summed E-state index contributed by atoms with van der Waals surface area (Å²) < 4.78 is 12.6. The van der Waals surface area contributed by atoms with Gasteiger partial charge in [-0.05, 0) is 17.7 Å². The summed E-state index contributed by atoms with van der Waals surface area (Å²) >= 11 is 0. The van der Waals surface area contributed by atoms with Gasteiger partial charge in [-0.25, -0.2) is 4.39 Å². The van der Waals surface area contributed by atoms with Crippen LogP contribution in [0.15, 0.2) is 18.2 Å². The lowest BCUT2D eigenvalue weighted by Crippen LogP contribution is -2.05. The van der Waals surface area contributed by atoms with Crippen LogP contribution in [0.5, 0.6) is 0 Å². The van der Waals surface area contributed by atoms with Gasteiger partial charge in [0.25, 0.3) is 0 Å². The van der Waals surface area contributed by atoms with E-state index < -0.39 is 5.82 Å². The average molecular weight is 168 g/mol. The van der Waals surface area contributed by atoms with E-state index in [1.807, 2.05) is 0 Å². The van der Waals surface area contributed by atoms with Gasteiger partial charge in [0.05, 0.1) is 18.0 Å². The van der Waals surface area contributed by atoms with Crippen LogP contribution in [0.1, 0.15) is 5.56 Å². The Morgan fingerprint density at radius 2 is 2.25 bits per heavy atom. The van der Waals surface area contributed by atoms with Crippen molar-refractivity contribution in [2.75, 3.05) is 12.3 Å². The topological polar surface area (TPSA) is 70.1 Å². The van der Waals surface area contributed by atoms with Gasteiger partial charge in [0.2, 0.25) is 0 Å². The summed E-state index contributed by atoms with van der Waals surface area (Å²) in [6.45, 7) is -0.370. The number of nitrogens with one attached hydrogen (secondary N) is 1. The summed E-state index contributed by atoms with van der Waals surface area (Å²) in [5.41, 5.74) is 5.72. The number of halogens is 1. The normalized spacial score (nSPS) is 9.83. The first kappa shape index (κ1) is 8.67. The number of benzene rings is 1. The first-order valence-corrected chi connectivity index (χ1v) is 3.39. The zero-order chi connectivity index (χ0) is 9.14. The summed E-state index contributed by atoms with van der Waals surface area (Å²) in [4.78, 5) is 0. The van der Waals surface area contributed by atoms with Gasteiger partial charge < -0.3 is 16.2 Å². The molecule has 1 rings (SSSR count). The maximum atomic E-state index is 12.6. The number of hydrogen-bond acceptors (Lipinski definition) is 3. The van der Waals surface area contributed by atoms with E-state index in [0.717, 1.165) is 0 Å². The number of nitrogen functional groups attached to an aromatic ring is 1. The summed E-state index contributed by atoms with van der Waals surface area (Å²) in [5, 5.41) is 15.8. The molecule has 0 aromatic heterocycles. The standard InChI is InChI=1S/C8H9FN2O/c9-6-2-1-5(3-7(6)10)8(11)4-12/h1-3,11-12H,4,10H2. The molecule has 0 radical (unpaired) electrons. The highest BCUT2D eigenvalue weighted by molar-refractivity contribution is 5.99. The van der Waals surface area contributed by atoms with Crippen LogP contribution in [0.25, 0.3) is 0 Å². The number of anilines is 1. The molecule has 0 heterocycles. The summed E-state index contributed by atoms with van der Waals surface area (Å²) in [7, 11) is 0. The molecule has 4 N–H and O–H groups in total. The van der Waals surface area contributed by atoms with Crippen LogP contribution in [0.2, 0.25) is 0 Å². The average Bonchev–Trinajstić information content (AvgIpc) is 2.08. The smallest absolute Gasteiger partial charge is 0.146 e. The number of hydrogen-bond donors (Lipinski definition) is 3. The van der Waals surface area contributed by atoms with Crippen molar-refractivity contribution >= 4 is 11.4 Å². The van der Waals surface area contributed by atoms with Crippen LogP contribution in [-0.2, 0) is 0 Å². The lowest BCUT2D eigenvalue weighted by molar-refractivity contribution is 0.357. The van der Waals surface area contributed by atoms with E-state index in [9.17, 15) is 4.39 Å². The lowest BCUT2D eigenvalue weighted by Gasteiger charge is -2.01. The van der Waals surface area contributed by atoms with Gasteiger partial charge in [-0.1, -0.05) is 6.07 Å². The SMILES string of the molecule is N=C(CO)c1ccc(F)c(N)c1. The van der Waals surface area contributed by atoms with Crippen molar-refractivity contribution in [3.05, 3.63) is 29.6 Å². The Kier molecular flexibility index (Phi) is 2.40. The fraction of sp³-hybridized carbons (Fsp3) is 0.125. The molecule has 0 saturated carbocycles. The minimum absolute atomic E-state index is 0.00861. The van der Waals surface area contributed by atoms with Crippen molar-refractivity contribution in [2.45, 2.75) is 0 Å². The summed E-state index contributed by atoms with van der Waals surface area (Å²) in [6.07, 6.45) is 0. The third-order valence-corrected chi connectivity index (χ3v) is 1.50. The Hall–Kier alpha value is -1.42. The molecule has 0 atom stereocenters. The van der Waals surface area contributed by atoms with Crippen LogP contribution in [-0.4, -0.2) is 17.4 Å². The van der Waals surface area contributed by atoms with E-state index >= 15 is 0 Å². The molecule has 3 nitrogen and oxygen atoms in total. The van der Waals surface area contributed by atoms with E-state index in [-0.39, 0.29) is 18.0 Å². The molecule has 0 aliphatic heterocycles. The molecule has 0 fully saturated rings. The second-order valence-corrected chi connectivity index (χ2v) is 2.37. The molecule has 1 aromatic carbocycles. The molecule has 0 amide bonds. The van der Waals surface area contributed by atoms with Gasteiger partial charge in [0.15, 0.2) is 0 Å². The molecule has 1 aromatic rings. The van der Waals surface area contributed by atoms with E-state index in [1.54, 1.807) is 0 Å². The zero-order valence-electron chi connectivity index (χ0n) is 6.34. The number of aliphatic hydroxyl groups excluding tert-OH is 1. The Morgan fingerprint density at radius 3 is 2.75 bits per heavy atom. The highest BCUT2D eigenvalue weighted by atomic mass is 19.1. The summed E-state index contributed by atoms with van der Waals surface area (Å²) in [6, 6.07) is 3.91.